The van der Waals surface area contributed by atoms with Crippen molar-refractivity contribution in [2.75, 3.05) is 0 Å². The Labute approximate surface area is 129 Å². The third-order valence-electron chi connectivity index (χ3n) is 2.99. The summed E-state index contributed by atoms with van der Waals surface area (Å²) >= 11 is 3.42. The third kappa shape index (κ3) is 2.92. The quantitative estimate of drug-likeness (QED) is 0.665. The second-order valence-electron chi connectivity index (χ2n) is 4.54. The molecule has 0 radical (unpaired) electrons. The molecule has 1 aromatic heterocycles. The molecule has 3 rings (SSSR count). The normalized spacial score (nSPS) is 10.6. The molecule has 0 bridgehead atoms. The predicted octanol–water partition coefficient (Wildman–Crippen LogP) is 4.31. The van der Waals surface area contributed by atoms with Gasteiger partial charge in [-0.3, -0.25) is 4.79 Å². The molecule has 104 valence electrons. The summed E-state index contributed by atoms with van der Waals surface area (Å²) in [6.45, 7) is 1.85. The second-order valence-corrected chi connectivity index (χ2v) is 5.45. The standard InChI is InChI=1S/C16H11BrN2O2/c1-10-16(21-13-5-2-11(9-20)3-6-13)19-14-7-4-12(17)8-15(14)18-10/h2-9H,1H3. The predicted molar refractivity (Wildman–Crippen MR) is 83.9 cm³/mol. The van der Waals surface area contributed by atoms with E-state index in [-0.39, 0.29) is 0 Å². The van der Waals surface area contributed by atoms with Crippen molar-refractivity contribution in [1.29, 1.82) is 0 Å². The lowest BCUT2D eigenvalue weighted by Gasteiger charge is -2.08. The Kier molecular flexibility index (Phi) is 3.66. The number of halogens is 1. The summed E-state index contributed by atoms with van der Waals surface area (Å²) in [7, 11) is 0. The van der Waals surface area contributed by atoms with E-state index < -0.39 is 0 Å². The van der Waals surface area contributed by atoms with Crippen LogP contribution in [0.1, 0.15) is 16.1 Å². The topological polar surface area (TPSA) is 52.1 Å². The SMILES string of the molecule is Cc1nc2cc(Br)ccc2nc1Oc1ccc(C=O)cc1. The molecule has 0 aliphatic rings. The summed E-state index contributed by atoms with van der Waals surface area (Å²) < 4.78 is 6.71. The number of hydrogen-bond acceptors (Lipinski definition) is 4. The largest absolute Gasteiger partial charge is 0.437 e. The van der Waals surface area contributed by atoms with Gasteiger partial charge in [-0.25, -0.2) is 9.97 Å². The van der Waals surface area contributed by atoms with Gasteiger partial charge in [0.1, 0.15) is 17.7 Å². The minimum Gasteiger partial charge on any atom is -0.437 e. The average Bonchev–Trinajstić information content (AvgIpc) is 2.49. The average molecular weight is 343 g/mol. The maximum Gasteiger partial charge on any atom is 0.241 e. The summed E-state index contributed by atoms with van der Waals surface area (Å²) in [5, 5.41) is 0. The summed E-state index contributed by atoms with van der Waals surface area (Å²) in [6, 6.07) is 12.6. The van der Waals surface area contributed by atoms with Crippen LogP contribution in [0.2, 0.25) is 0 Å². The van der Waals surface area contributed by atoms with Gasteiger partial charge in [0.05, 0.1) is 11.0 Å². The van der Waals surface area contributed by atoms with Crippen LogP contribution in [-0.2, 0) is 0 Å². The van der Waals surface area contributed by atoms with Crippen LogP contribution < -0.4 is 4.74 Å². The Balaban J connectivity index is 1.97. The molecule has 0 fully saturated rings. The number of benzene rings is 2. The molecule has 0 spiro atoms. The smallest absolute Gasteiger partial charge is 0.241 e. The Morgan fingerprint density at radius 1 is 1.05 bits per heavy atom. The van der Waals surface area contributed by atoms with Crippen LogP contribution in [0.25, 0.3) is 11.0 Å². The molecule has 3 aromatic rings. The number of rotatable bonds is 3. The maximum atomic E-state index is 10.6. The van der Waals surface area contributed by atoms with Crippen molar-refractivity contribution in [2.24, 2.45) is 0 Å². The molecule has 1 heterocycles. The first-order valence-electron chi connectivity index (χ1n) is 6.33. The zero-order valence-corrected chi connectivity index (χ0v) is 12.8. The number of carbonyl (C=O) groups is 1. The van der Waals surface area contributed by atoms with Gasteiger partial charge in [0.15, 0.2) is 0 Å². The van der Waals surface area contributed by atoms with Crippen molar-refractivity contribution in [1.82, 2.24) is 9.97 Å². The molecule has 21 heavy (non-hydrogen) atoms. The van der Waals surface area contributed by atoms with E-state index in [0.717, 1.165) is 21.8 Å². The highest BCUT2D eigenvalue weighted by Gasteiger charge is 2.08. The lowest BCUT2D eigenvalue weighted by molar-refractivity contribution is 0.112. The fourth-order valence-corrected chi connectivity index (χ4v) is 2.27. The van der Waals surface area contributed by atoms with Crippen molar-refractivity contribution >= 4 is 33.2 Å². The van der Waals surface area contributed by atoms with E-state index in [9.17, 15) is 4.79 Å². The number of hydrogen-bond donors (Lipinski definition) is 0. The Morgan fingerprint density at radius 2 is 1.81 bits per heavy atom. The summed E-state index contributed by atoms with van der Waals surface area (Å²) in [4.78, 5) is 19.6. The van der Waals surface area contributed by atoms with Gasteiger partial charge in [0.25, 0.3) is 0 Å². The van der Waals surface area contributed by atoms with Gasteiger partial charge in [-0.15, -0.1) is 0 Å². The zero-order chi connectivity index (χ0) is 14.8. The highest BCUT2D eigenvalue weighted by Crippen LogP contribution is 2.25. The molecule has 0 saturated carbocycles. The second kappa shape index (κ2) is 5.61. The van der Waals surface area contributed by atoms with Crippen molar-refractivity contribution < 1.29 is 9.53 Å². The fourth-order valence-electron chi connectivity index (χ4n) is 1.92. The number of nitrogens with zero attached hydrogens (tertiary/aromatic N) is 2. The zero-order valence-electron chi connectivity index (χ0n) is 11.2. The Hall–Kier alpha value is -2.27. The van der Waals surface area contributed by atoms with Gasteiger partial charge in [0.2, 0.25) is 5.88 Å². The van der Waals surface area contributed by atoms with Crippen LogP contribution in [0.3, 0.4) is 0 Å². The molecule has 0 unspecified atom stereocenters. The number of ether oxygens (including phenoxy) is 1. The van der Waals surface area contributed by atoms with E-state index in [2.05, 4.69) is 25.9 Å². The van der Waals surface area contributed by atoms with Crippen LogP contribution in [0, 0.1) is 6.92 Å². The monoisotopic (exact) mass is 342 g/mol. The van der Waals surface area contributed by atoms with E-state index in [1.165, 1.54) is 0 Å². The van der Waals surface area contributed by atoms with E-state index in [1.54, 1.807) is 24.3 Å². The van der Waals surface area contributed by atoms with E-state index in [1.807, 2.05) is 25.1 Å². The van der Waals surface area contributed by atoms with Crippen LogP contribution in [-0.4, -0.2) is 16.3 Å². The number of carbonyl (C=O) groups excluding carboxylic acids is 1. The molecule has 4 nitrogen and oxygen atoms in total. The first kappa shape index (κ1) is 13.7. The van der Waals surface area contributed by atoms with Gasteiger partial charge >= 0.3 is 0 Å². The highest BCUT2D eigenvalue weighted by molar-refractivity contribution is 9.10. The minimum atomic E-state index is 0.462. The van der Waals surface area contributed by atoms with Crippen LogP contribution in [0.4, 0.5) is 0 Å². The molecular weight excluding hydrogens is 332 g/mol. The summed E-state index contributed by atoms with van der Waals surface area (Å²) in [6.07, 6.45) is 0.794. The molecule has 0 aliphatic heterocycles. The molecule has 5 heteroatoms. The lowest BCUT2D eigenvalue weighted by Crippen LogP contribution is -1.96. The molecule has 0 atom stereocenters. The van der Waals surface area contributed by atoms with Crippen LogP contribution in [0.5, 0.6) is 11.6 Å². The summed E-state index contributed by atoms with van der Waals surface area (Å²) in [5.41, 5.74) is 2.89. The molecule has 2 aromatic carbocycles. The van der Waals surface area contributed by atoms with Crippen LogP contribution in [0.15, 0.2) is 46.9 Å². The fraction of sp³-hybridized carbons (Fsp3) is 0.0625. The number of aryl methyl sites for hydroxylation is 1. The van der Waals surface area contributed by atoms with Gasteiger partial charge in [0, 0.05) is 10.0 Å². The maximum absolute atomic E-state index is 10.6. The summed E-state index contributed by atoms with van der Waals surface area (Å²) in [5.74, 6) is 1.08. The van der Waals surface area contributed by atoms with Gasteiger partial charge in [-0.1, -0.05) is 15.9 Å². The Morgan fingerprint density at radius 3 is 2.52 bits per heavy atom. The van der Waals surface area contributed by atoms with Gasteiger partial charge in [-0.2, -0.15) is 0 Å². The first-order valence-corrected chi connectivity index (χ1v) is 7.12. The van der Waals surface area contributed by atoms with E-state index in [4.69, 9.17) is 4.74 Å². The highest BCUT2D eigenvalue weighted by atomic mass is 79.9. The van der Waals surface area contributed by atoms with Crippen molar-refractivity contribution in [2.45, 2.75) is 6.92 Å². The first-order chi connectivity index (χ1) is 10.2. The number of fused-ring (bicyclic) bond motifs is 1. The number of aldehydes is 1. The van der Waals surface area contributed by atoms with E-state index >= 15 is 0 Å². The molecular formula is C16H11BrN2O2. The number of aromatic nitrogens is 2. The molecule has 0 amide bonds. The Bertz CT molecular complexity index is 816. The van der Waals surface area contributed by atoms with Crippen molar-refractivity contribution in [3.63, 3.8) is 0 Å². The third-order valence-corrected chi connectivity index (χ3v) is 3.48. The van der Waals surface area contributed by atoms with Gasteiger partial charge < -0.3 is 4.74 Å². The molecule has 0 N–H and O–H groups in total. The minimum absolute atomic E-state index is 0.462. The lowest BCUT2D eigenvalue weighted by atomic mass is 10.2. The van der Waals surface area contributed by atoms with Crippen LogP contribution >= 0.6 is 15.9 Å². The van der Waals surface area contributed by atoms with Crippen molar-refractivity contribution in [3.05, 3.63) is 58.2 Å². The van der Waals surface area contributed by atoms with Crippen molar-refractivity contribution in [3.8, 4) is 11.6 Å². The van der Waals surface area contributed by atoms with Gasteiger partial charge in [-0.05, 0) is 49.4 Å². The molecule has 0 saturated heterocycles. The van der Waals surface area contributed by atoms with E-state index in [0.29, 0.717) is 22.9 Å². The molecule has 0 aliphatic carbocycles.